The number of primary amides is 1. The van der Waals surface area contributed by atoms with E-state index in [1.807, 2.05) is 0 Å². The maximum absolute atomic E-state index is 12.0. The van der Waals surface area contributed by atoms with Gasteiger partial charge in [-0.15, -0.1) is 0 Å². The summed E-state index contributed by atoms with van der Waals surface area (Å²) >= 11 is 4.00. The average molecular weight is 359 g/mol. The summed E-state index contributed by atoms with van der Waals surface area (Å²) in [5, 5.41) is 2.19. The molecular weight excluding hydrogens is 342 g/mol. The molecule has 0 aliphatic heterocycles. The highest BCUT2D eigenvalue weighted by atomic mass is 32.1. The zero-order chi connectivity index (χ0) is 18.4. The maximum atomic E-state index is 12.0. The van der Waals surface area contributed by atoms with Crippen LogP contribution >= 0.6 is 12.8 Å². The highest BCUT2D eigenvalue weighted by molar-refractivity contribution is 7.78. The van der Waals surface area contributed by atoms with E-state index in [1.54, 1.807) is 49.4 Å². The molecule has 2 aromatic carbocycles. The number of rotatable bonds is 5. The quantitative estimate of drug-likeness (QED) is 0.562. The Bertz CT molecular complexity index is 796. The second-order valence-corrected chi connectivity index (χ2v) is 5.63. The van der Waals surface area contributed by atoms with Gasteiger partial charge >= 0.3 is 6.03 Å². The van der Waals surface area contributed by atoms with Crippen LogP contribution in [-0.4, -0.2) is 28.9 Å². The summed E-state index contributed by atoms with van der Waals surface area (Å²) in [6, 6.07) is 12.3. The van der Waals surface area contributed by atoms with Crippen LogP contribution in [0.15, 0.2) is 48.5 Å². The fourth-order valence-electron chi connectivity index (χ4n) is 1.92. The Labute approximate surface area is 150 Å². The van der Waals surface area contributed by atoms with Crippen LogP contribution < -0.4 is 15.8 Å². The molecule has 7 nitrogen and oxygen atoms in total. The molecule has 25 heavy (non-hydrogen) atoms. The number of carbonyl (C=O) groups is 3. The lowest BCUT2D eigenvalue weighted by Crippen LogP contribution is -2.39. The number of urea groups is 1. The van der Waals surface area contributed by atoms with E-state index >= 15 is 0 Å². The second-order valence-electron chi connectivity index (χ2n) is 5.14. The van der Waals surface area contributed by atoms with Gasteiger partial charge in [-0.25, -0.2) is 9.10 Å². The number of carbonyl (C=O) groups excluding carboxylic acids is 3. The molecular formula is C17H17N3O4S. The van der Waals surface area contributed by atoms with Gasteiger partial charge in [0.2, 0.25) is 5.91 Å². The van der Waals surface area contributed by atoms with Crippen LogP contribution in [0.5, 0.6) is 5.75 Å². The minimum absolute atomic E-state index is 0.236. The van der Waals surface area contributed by atoms with Crippen LogP contribution in [0, 0.1) is 6.92 Å². The van der Waals surface area contributed by atoms with Crippen molar-refractivity contribution in [3.63, 3.8) is 0 Å². The highest BCUT2D eigenvalue weighted by Crippen LogP contribution is 2.20. The number of imide groups is 1. The van der Waals surface area contributed by atoms with Gasteiger partial charge in [0.05, 0.1) is 0 Å². The zero-order valence-corrected chi connectivity index (χ0v) is 14.3. The van der Waals surface area contributed by atoms with Gasteiger partial charge in [0.15, 0.2) is 6.73 Å². The first kappa shape index (κ1) is 18.3. The third kappa shape index (κ3) is 4.98. The number of hydrogen-bond donors (Lipinski definition) is 3. The minimum Gasteiger partial charge on any atom is -0.472 e. The van der Waals surface area contributed by atoms with Crippen molar-refractivity contribution in [1.29, 1.82) is 0 Å². The molecule has 0 saturated carbocycles. The van der Waals surface area contributed by atoms with E-state index in [9.17, 15) is 14.4 Å². The number of aryl methyl sites for hydroxylation is 1. The van der Waals surface area contributed by atoms with Crippen LogP contribution in [0.2, 0.25) is 0 Å². The molecule has 2 rings (SSSR count). The molecule has 0 bridgehead atoms. The number of amides is 4. The number of nitrogens with zero attached hydrogens (tertiary/aromatic N) is 1. The number of thiol groups is 1. The largest absolute Gasteiger partial charge is 0.472 e. The highest BCUT2D eigenvalue weighted by Gasteiger charge is 2.15. The van der Waals surface area contributed by atoms with Crippen LogP contribution in [-0.2, 0) is 0 Å². The van der Waals surface area contributed by atoms with Gasteiger partial charge in [-0.3, -0.25) is 14.9 Å². The SMILES string of the molecule is Cc1ccc(C(N)=O)cc1OCN(S)C(=O)NC(=O)c1ccccc1. The number of nitrogens with one attached hydrogen (secondary N) is 1. The van der Waals surface area contributed by atoms with Crippen molar-refractivity contribution >= 4 is 30.7 Å². The van der Waals surface area contributed by atoms with Crippen LogP contribution in [0.3, 0.4) is 0 Å². The average Bonchev–Trinajstić information content (AvgIpc) is 2.61. The third-order valence-corrected chi connectivity index (χ3v) is 3.60. The van der Waals surface area contributed by atoms with Gasteiger partial charge in [-0.1, -0.05) is 37.1 Å². The number of hydrogen-bond acceptors (Lipinski definition) is 5. The molecule has 0 spiro atoms. The molecule has 4 amide bonds. The van der Waals surface area contributed by atoms with Crippen molar-refractivity contribution in [2.45, 2.75) is 6.92 Å². The van der Waals surface area contributed by atoms with Crippen molar-refractivity contribution in [3.05, 3.63) is 65.2 Å². The number of ether oxygens (including phenoxy) is 1. The maximum Gasteiger partial charge on any atom is 0.337 e. The van der Waals surface area contributed by atoms with Crippen LogP contribution in [0.1, 0.15) is 26.3 Å². The van der Waals surface area contributed by atoms with E-state index in [1.165, 1.54) is 6.07 Å². The summed E-state index contributed by atoms with van der Waals surface area (Å²) in [6.07, 6.45) is 0. The topological polar surface area (TPSA) is 102 Å². The molecule has 0 heterocycles. The molecule has 0 saturated heterocycles. The molecule has 0 aliphatic rings. The molecule has 0 radical (unpaired) electrons. The first-order valence-corrected chi connectivity index (χ1v) is 7.68. The fourth-order valence-corrected chi connectivity index (χ4v) is 2.03. The monoisotopic (exact) mass is 359 g/mol. The predicted molar refractivity (Wildman–Crippen MR) is 95.3 cm³/mol. The van der Waals surface area contributed by atoms with Crippen molar-refractivity contribution in [2.75, 3.05) is 6.73 Å². The van der Waals surface area contributed by atoms with Crippen LogP contribution in [0.25, 0.3) is 0 Å². The normalized spacial score (nSPS) is 10.0. The molecule has 0 aromatic heterocycles. The Kier molecular flexibility index (Phi) is 6.02. The molecule has 0 fully saturated rings. The van der Waals surface area contributed by atoms with Crippen molar-refractivity contribution in [3.8, 4) is 5.75 Å². The molecule has 130 valence electrons. The van der Waals surface area contributed by atoms with Gasteiger partial charge in [0.25, 0.3) is 5.91 Å². The summed E-state index contributed by atoms with van der Waals surface area (Å²) in [6.45, 7) is 1.54. The van der Waals surface area contributed by atoms with Crippen LogP contribution in [0.4, 0.5) is 4.79 Å². The third-order valence-electron chi connectivity index (χ3n) is 3.31. The first-order chi connectivity index (χ1) is 11.9. The second kappa shape index (κ2) is 8.20. The van der Waals surface area contributed by atoms with Gasteiger partial charge in [0, 0.05) is 11.1 Å². The Balaban J connectivity index is 1.94. The van der Waals surface area contributed by atoms with E-state index in [-0.39, 0.29) is 12.3 Å². The Morgan fingerprint density at radius 1 is 1.12 bits per heavy atom. The standard InChI is InChI=1S/C17H17N3O4S/c1-11-7-8-13(15(18)21)9-14(11)24-10-20(25)17(23)19-16(22)12-5-3-2-4-6-12/h2-9,25H,10H2,1H3,(H2,18,21)(H,19,22,23). The molecule has 0 unspecified atom stereocenters. The van der Waals surface area contributed by atoms with Gasteiger partial charge in [0.1, 0.15) is 5.75 Å². The van der Waals surface area contributed by atoms with E-state index in [2.05, 4.69) is 18.1 Å². The molecule has 3 N–H and O–H groups in total. The predicted octanol–water partition coefficient (Wildman–Crippen LogP) is 2.13. The Hall–Kier alpha value is -3.00. The summed E-state index contributed by atoms with van der Waals surface area (Å²) in [5.41, 5.74) is 6.62. The zero-order valence-electron chi connectivity index (χ0n) is 13.4. The van der Waals surface area contributed by atoms with Crippen molar-refractivity contribution in [1.82, 2.24) is 9.62 Å². The summed E-state index contributed by atoms with van der Waals surface area (Å²) in [5.74, 6) is -0.743. The Morgan fingerprint density at radius 2 is 1.80 bits per heavy atom. The molecule has 2 aromatic rings. The summed E-state index contributed by atoms with van der Waals surface area (Å²) < 4.78 is 6.37. The summed E-state index contributed by atoms with van der Waals surface area (Å²) in [4.78, 5) is 35.1. The lowest BCUT2D eigenvalue weighted by Gasteiger charge is -2.17. The number of benzene rings is 2. The van der Waals surface area contributed by atoms with Gasteiger partial charge in [-0.05, 0) is 36.8 Å². The molecule has 0 aliphatic carbocycles. The van der Waals surface area contributed by atoms with Gasteiger partial charge < -0.3 is 10.5 Å². The van der Waals surface area contributed by atoms with E-state index in [0.717, 1.165) is 9.87 Å². The minimum atomic E-state index is -0.735. The first-order valence-electron chi connectivity index (χ1n) is 7.28. The number of nitrogens with two attached hydrogens (primary N) is 1. The van der Waals surface area contributed by atoms with E-state index in [4.69, 9.17) is 10.5 Å². The lowest BCUT2D eigenvalue weighted by atomic mass is 10.1. The lowest BCUT2D eigenvalue weighted by molar-refractivity contribution is 0.0952. The van der Waals surface area contributed by atoms with E-state index in [0.29, 0.717) is 11.3 Å². The fraction of sp³-hybridized carbons (Fsp3) is 0.118. The van der Waals surface area contributed by atoms with E-state index < -0.39 is 17.8 Å². The smallest absolute Gasteiger partial charge is 0.337 e. The molecule has 8 heteroatoms. The van der Waals surface area contributed by atoms with Gasteiger partial charge in [-0.2, -0.15) is 0 Å². The van der Waals surface area contributed by atoms with Crippen molar-refractivity contribution < 1.29 is 19.1 Å². The molecule has 0 atom stereocenters. The van der Waals surface area contributed by atoms with Crippen molar-refractivity contribution in [2.24, 2.45) is 5.73 Å². The Morgan fingerprint density at radius 3 is 2.44 bits per heavy atom. The summed E-state index contributed by atoms with van der Waals surface area (Å²) in [7, 11) is 0.